The van der Waals surface area contributed by atoms with Gasteiger partial charge in [0.1, 0.15) is 0 Å². The second kappa shape index (κ2) is 7.75. The summed E-state index contributed by atoms with van der Waals surface area (Å²) >= 11 is 4.25. The van der Waals surface area contributed by atoms with Gasteiger partial charge in [0.25, 0.3) is 0 Å². The van der Waals surface area contributed by atoms with Gasteiger partial charge in [0.15, 0.2) is 0 Å². The van der Waals surface area contributed by atoms with Crippen LogP contribution in [0.15, 0.2) is 79.7 Å². The molecule has 0 nitrogen and oxygen atoms in total. The van der Waals surface area contributed by atoms with Gasteiger partial charge < -0.3 is 0 Å². The second-order valence-corrected chi connectivity index (χ2v) is 7.48. The van der Waals surface area contributed by atoms with Crippen LogP contribution in [0, 0.1) is 0 Å². The van der Waals surface area contributed by atoms with Crippen LogP contribution in [0.4, 0.5) is 0 Å². The molecule has 0 atom stereocenters. The molecular formula is C15H14S2Se. The molecule has 0 aromatic heterocycles. The zero-order valence-electron chi connectivity index (χ0n) is 10.1. The number of hydrogen-bond donors (Lipinski definition) is 0. The monoisotopic (exact) mass is 338 g/mol. The van der Waals surface area contributed by atoms with Gasteiger partial charge in [-0.1, -0.05) is 0 Å². The number of thioether (sulfide) groups is 2. The minimum atomic E-state index is 0.554. The molecule has 0 spiro atoms. The van der Waals surface area contributed by atoms with E-state index in [0.717, 1.165) is 0 Å². The van der Waals surface area contributed by atoms with E-state index in [1.807, 2.05) is 23.5 Å². The quantitative estimate of drug-likeness (QED) is 0.548. The number of benzene rings is 2. The molecule has 0 aliphatic rings. The van der Waals surface area contributed by atoms with Crippen molar-refractivity contribution in [2.45, 2.75) is 15.6 Å². The predicted molar refractivity (Wildman–Crippen MR) is 84.3 cm³/mol. The average molecular weight is 337 g/mol. The molecule has 0 fully saturated rings. The fraction of sp³-hybridized carbons (Fsp3) is 0.0667. The summed E-state index contributed by atoms with van der Waals surface area (Å²) < 4.78 is 1.37. The Kier molecular flexibility index (Phi) is 5.95. The molecule has 0 N–H and O–H groups in total. The van der Waals surface area contributed by atoms with Gasteiger partial charge >= 0.3 is 124 Å². The fourth-order valence-electron chi connectivity index (χ4n) is 1.37. The summed E-state index contributed by atoms with van der Waals surface area (Å²) in [6.07, 6.45) is 0. The standard InChI is InChI=1S/C15H14S2Se/c1-18-12-15(16-13-8-4-2-5-9-13)17-14-10-6-3-7-11-14/h2-12H,1H3. The van der Waals surface area contributed by atoms with Gasteiger partial charge in [-0.25, -0.2) is 0 Å². The van der Waals surface area contributed by atoms with Crippen molar-refractivity contribution in [1.82, 2.24) is 0 Å². The van der Waals surface area contributed by atoms with Gasteiger partial charge in [-0.05, 0) is 0 Å². The third kappa shape index (κ3) is 4.58. The maximum absolute atomic E-state index is 2.35. The second-order valence-electron chi connectivity index (χ2n) is 3.50. The molecule has 0 saturated carbocycles. The molecule has 3 heteroatoms. The van der Waals surface area contributed by atoms with E-state index in [9.17, 15) is 0 Å². The molecule has 0 unspecified atom stereocenters. The van der Waals surface area contributed by atoms with E-state index in [1.165, 1.54) is 14.0 Å². The first-order valence-corrected chi connectivity index (χ1v) is 9.91. The predicted octanol–water partition coefficient (Wildman–Crippen LogP) is 5.12. The van der Waals surface area contributed by atoms with Crippen molar-refractivity contribution < 1.29 is 0 Å². The summed E-state index contributed by atoms with van der Waals surface area (Å²) in [5.74, 6) is 2.24. The summed E-state index contributed by atoms with van der Waals surface area (Å²) in [4.78, 5) is 4.95. The van der Waals surface area contributed by atoms with Crippen LogP contribution in [0.3, 0.4) is 0 Å². The first-order chi connectivity index (χ1) is 8.88. The third-order valence-corrected chi connectivity index (χ3v) is 5.95. The van der Waals surface area contributed by atoms with Gasteiger partial charge in [-0.2, -0.15) is 0 Å². The molecule has 18 heavy (non-hydrogen) atoms. The molecule has 2 aromatic carbocycles. The summed E-state index contributed by atoms with van der Waals surface area (Å²) in [6, 6.07) is 21.1. The van der Waals surface area contributed by atoms with Crippen LogP contribution in [-0.4, -0.2) is 15.0 Å². The Bertz CT molecular complexity index is 451. The average Bonchev–Trinajstić information content (AvgIpc) is 2.41. The Morgan fingerprint density at radius 1 is 0.833 bits per heavy atom. The van der Waals surface area contributed by atoms with Gasteiger partial charge in [0, 0.05) is 0 Å². The molecule has 92 valence electrons. The van der Waals surface area contributed by atoms with Crippen molar-refractivity contribution in [2.75, 3.05) is 0 Å². The van der Waals surface area contributed by atoms with Crippen LogP contribution in [0.1, 0.15) is 0 Å². The summed E-state index contributed by atoms with van der Waals surface area (Å²) in [7, 11) is 0. The summed E-state index contributed by atoms with van der Waals surface area (Å²) in [5.41, 5.74) is 0. The van der Waals surface area contributed by atoms with Crippen LogP contribution in [0.25, 0.3) is 0 Å². The molecule has 0 amide bonds. The topological polar surface area (TPSA) is 0 Å². The summed E-state index contributed by atoms with van der Waals surface area (Å²) in [5, 5.41) is 0. The molecule has 0 bridgehead atoms. The van der Waals surface area contributed by atoms with Crippen molar-refractivity contribution >= 4 is 38.5 Å². The molecule has 0 aliphatic carbocycles. The molecule has 0 heterocycles. The van der Waals surface area contributed by atoms with Crippen molar-refractivity contribution in [2.24, 2.45) is 0 Å². The zero-order valence-corrected chi connectivity index (χ0v) is 13.4. The number of hydrogen-bond acceptors (Lipinski definition) is 2. The van der Waals surface area contributed by atoms with Gasteiger partial charge in [-0.3, -0.25) is 0 Å². The van der Waals surface area contributed by atoms with Crippen molar-refractivity contribution in [3.8, 4) is 0 Å². The van der Waals surface area contributed by atoms with Crippen molar-refractivity contribution in [3.63, 3.8) is 0 Å². The Labute approximate surface area is 123 Å². The SMILES string of the molecule is C[Se]C=C(Sc1ccccc1)Sc1ccccc1. The normalized spacial score (nSPS) is 10.1. The fourth-order valence-corrected chi connectivity index (χ4v) is 5.28. The van der Waals surface area contributed by atoms with Crippen LogP contribution < -0.4 is 0 Å². The summed E-state index contributed by atoms with van der Waals surface area (Å²) in [6.45, 7) is 0. The van der Waals surface area contributed by atoms with E-state index < -0.39 is 0 Å². The Morgan fingerprint density at radius 2 is 1.28 bits per heavy atom. The van der Waals surface area contributed by atoms with E-state index >= 15 is 0 Å². The molecule has 0 aliphatic heterocycles. The maximum atomic E-state index is 2.35. The zero-order chi connectivity index (χ0) is 12.6. The Morgan fingerprint density at radius 3 is 1.67 bits per heavy atom. The molecule has 2 rings (SSSR count). The molecular weight excluding hydrogens is 323 g/mol. The van der Waals surface area contributed by atoms with Gasteiger partial charge in [0.05, 0.1) is 0 Å². The van der Waals surface area contributed by atoms with E-state index in [0.29, 0.717) is 15.0 Å². The third-order valence-electron chi connectivity index (χ3n) is 2.14. The molecule has 0 radical (unpaired) electrons. The van der Waals surface area contributed by atoms with Crippen LogP contribution in [0.5, 0.6) is 0 Å². The Hall–Kier alpha value is -0.601. The van der Waals surface area contributed by atoms with E-state index in [2.05, 4.69) is 71.5 Å². The van der Waals surface area contributed by atoms with Crippen molar-refractivity contribution in [3.05, 3.63) is 69.9 Å². The van der Waals surface area contributed by atoms with Crippen LogP contribution in [0.2, 0.25) is 5.82 Å². The first-order valence-electron chi connectivity index (χ1n) is 5.57. The van der Waals surface area contributed by atoms with Crippen molar-refractivity contribution in [1.29, 1.82) is 0 Å². The van der Waals surface area contributed by atoms with Gasteiger partial charge in [0.2, 0.25) is 0 Å². The number of rotatable bonds is 5. The molecule has 2 aromatic rings. The first kappa shape index (κ1) is 13.8. The minimum absolute atomic E-state index is 0.554. The molecule has 0 saturated heterocycles. The Balaban J connectivity index is 2.08. The van der Waals surface area contributed by atoms with E-state index in [-0.39, 0.29) is 0 Å². The van der Waals surface area contributed by atoms with Gasteiger partial charge in [-0.15, -0.1) is 0 Å². The van der Waals surface area contributed by atoms with E-state index in [4.69, 9.17) is 0 Å². The van der Waals surface area contributed by atoms with Crippen LogP contribution >= 0.6 is 23.5 Å². The van der Waals surface area contributed by atoms with E-state index in [1.54, 1.807) is 0 Å². The van der Waals surface area contributed by atoms with Crippen LogP contribution in [-0.2, 0) is 0 Å².